The first-order valence-electron chi connectivity index (χ1n) is 5.94. The van der Waals surface area contributed by atoms with Crippen LogP contribution in [0.4, 0.5) is 0 Å². The van der Waals surface area contributed by atoms with Gasteiger partial charge in [0.05, 0.1) is 0 Å². The highest BCUT2D eigenvalue weighted by Crippen LogP contribution is 2.24. The van der Waals surface area contributed by atoms with Gasteiger partial charge in [0.2, 0.25) is 0 Å². The summed E-state index contributed by atoms with van der Waals surface area (Å²) >= 11 is 0. The van der Waals surface area contributed by atoms with E-state index >= 15 is 0 Å². The SMILES string of the molecule is OB(O)c1nnc(-c2ccccc2)c2ccccc12. The van der Waals surface area contributed by atoms with Crippen molar-refractivity contribution in [1.82, 2.24) is 10.2 Å². The molecule has 0 aliphatic rings. The van der Waals surface area contributed by atoms with Gasteiger partial charge in [-0.15, -0.1) is 0 Å². The van der Waals surface area contributed by atoms with Crippen LogP contribution in [-0.2, 0) is 0 Å². The molecule has 3 aromatic rings. The number of nitrogens with zero attached hydrogens (tertiary/aromatic N) is 2. The fourth-order valence-corrected chi connectivity index (χ4v) is 2.12. The minimum absolute atomic E-state index is 0.176. The van der Waals surface area contributed by atoms with Crippen LogP contribution in [0.1, 0.15) is 0 Å². The van der Waals surface area contributed by atoms with Crippen molar-refractivity contribution in [3.63, 3.8) is 0 Å². The smallest absolute Gasteiger partial charge is 0.422 e. The predicted molar refractivity (Wildman–Crippen MR) is 74.8 cm³/mol. The normalized spacial score (nSPS) is 10.6. The number of fused-ring (bicyclic) bond motifs is 1. The van der Waals surface area contributed by atoms with Gasteiger partial charge in [0.25, 0.3) is 0 Å². The lowest BCUT2D eigenvalue weighted by atomic mass is 9.82. The van der Waals surface area contributed by atoms with Crippen molar-refractivity contribution in [2.24, 2.45) is 0 Å². The van der Waals surface area contributed by atoms with Crippen LogP contribution in [0.15, 0.2) is 54.6 Å². The monoisotopic (exact) mass is 250 g/mol. The van der Waals surface area contributed by atoms with Crippen molar-refractivity contribution in [3.05, 3.63) is 54.6 Å². The van der Waals surface area contributed by atoms with E-state index in [2.05, 4.69) is 10.2 Å². The Morgan fingerprint density at radius 2 is 1.37 bits per heavy atom. The fourth-order valence-electron chi connectivity index (χ4n) is 2.12. The zero-order valence-corrected chi connectivity index (χ0v) is 10.1. The minimum atomic E-state index is -1.62. The first kappa shape index (κ1) is 11.8. The molecule has 0 unspecified atom stereocenters. The zero-order valence-electron chi connectivity index (χ0n) is 10.1. The zero-order chi connectivity index (χ0) is 13.2. The molecule has 19 heavy (non-hydrogen) atoms. The van der Waals surface area contributed by atoms with E-state index in [4.69, 9.17) is 0 Å². The summed E-state index contributed by atoms with van der Waals surface area (Å²) in [6.45, 7) is 0. The van der Waals surface area contributed by atoms with Crippen molar-refractivity contribution < 1.29 is 10.0 Å². The third-order valence-corrected chi connectivity index (χ3v) is 3.01. The van der Waals surface area contributed by atoms with Crippen molar-refractivity contribution in [1.29, 1.82) is 0 Å². The molecular formula is C14H11BN2O2. The van der Waals surface area contributed by atoms with E-state index in [0.717, 1.165) is 16.6 Å². The maximum Gasteiger partial charge on any atom is 0.510 e. The van der Waals surface area contributed by atoms with E-state index in [1.807, 2.05) is 54.6 Å². The maximum atomic E-state index is 9.34. The van der Waals surface area contributed by atoms with Gasteiger partial charge in [0.1, 0.15) is 11.3 Å². The Kier molecular flexibility index (Phi) is 2.99. The van der Waals surface area contributed by atoms with E-state index in [1.165, 1.54) is 0 Å². The number of benzene rings is 2. The summed E-state index contributed by atoms with van der Waals surface area (Å²) in [5.74, 6) is 0. The van der Waals surface area contributed by atoms with Gasteiger partial charge in [0, 0.05) is 16.3 Å². The molecule has 0 atom stereocenters. The second-order valence-electron chi connectivity index (χ2n) is 4.22. The van der Waals surface area contributed by atoms with E-state index < -0.39 is 7.12 Å². The first-order valence-corrected chi connectivity index (χ1v) is 5.94. The Labute approximate surface area is 110 Å². The van der Waals surface area contributed by atoms with Crippen LogP contribution in [-0.4, -0.2) is 27.4 Å². The molecule has 0 spiro atoms. The average Bonchev–Trinajstić information content (AvgIpc) is 2.47. The van der Waals surface area contributed by atoms with Crippen molar-refractivity contribution in [3.8, 4) is 11.3 Å². The van der Waals surface area contributed by atoms with Gasteiger partial charge in [-0.25, -0.2) is 0 Å². The highest BCUT2D eigenvalue weighted by atomic mass is 16.4. The van der Waals surface area contributed by atoms with Gasteiger partial charge in [-0.2, -0.15) is 10.2 Å². The molecule has 0 bridgehead atoms. The lowest BCUT2D eigenvalue weighted by molar-refractivity contribution is 0.424. The Hall–Kier alpha value is -2.24. The molecule has 3 rings (SSSR count). The van der Waals surface area contributed by atoms with E-state index in [9.17, 15) is 10.0 Å². The summed E-state index contributed by atoms with van der Waals surface area (Å²) < 4.78 is 0. The lowest BCUT2D eigenvalue weighted by Crippen LogP contribution is -2.34. The van der Waals surface area contributed by atoms with Gasteiger partial charge >= 0.3 is 7.12 Å². The van der Waals surface area contributed by atoms with E-state index in [-0.39, 0.29) is 5.59 Å². The predicted octanol–water partition coefficient (Wildman–Crippen LogP) is 0.977. The van der Waals surface area contributed by atoms with Crippen LogP contribution in [0, 0.1) is 0 Å². The summed E-state index contributed by atoms with van der Waals surface area (Å²) in [4.78, 5) is 0. The first-order chi connectivity index (χ1) is 9.27. The maximum absolute atomic E-state index is 9.34. The largest absolute Gasteiger partial charge is 0.510 e. The summed E-state index contributed by atoms with van der Waals surface area (Å²) in [6, 6.07) is 17.1. The molecule has 1 heterocycles. The molecule has 0 radical (unpaired) electrons. The average molecular weight is 250 g/mol. The van der Waals surface area contributed by atoms with Crippen molar-refractivity contribution in [2.45, 2.75) is 0 Å². The highest BCUT2D eigenvalue weighted by molar-refractivity contribution is 6.60. The summed E-state index contributed by atoms with van der Waals surface area (Å²) in [6.07, 6.45) is 0. The highest BCUT2D eigenvalue weighted by Gasteiger charge is 2.19. The number of rotatable bonds is 2. The van der Waals surface area contributed by atoms with Gasteiger partial charge in [-0.1, -0.05) is 54.6 Å². The molecule has 92 valence electrons. The van der Waals surface area contributed by atoms with Crippen LogP contribution in [0.5, 0.6) is 0 Å². The Bertz CT molecular complexity index is 717. The second-order valence-corrected chi connectivity index (χ2v) is 4.22. The fraction of sp³-hybridized carbons (Fsp3) is 0. The lowest BCUT2D eigenvalue weighted by Gasteiger charge is -2.08. The molecule has 2 N–H and O–H groups in total. The van der Waals surface area contributed by atoms with Gasteiger partial charge in [-0.05, 0) is 0 Å². The van der Waals surface area contributed by atoms with Crippen molar-refractivity contribution >= 4 is 23.5 Å². The van der Waals surface area contributed by atoms with Gasteiger partial charge in [-0.3, -0.25) is 0 Å². The number of hydrogen-bond donors (Lipinski definition) is 2. The van der Waals surface area contributed by atoms with Crippen molar-refractivity contribution in [2.75, 3.05) is 0 Å². The standard InChI is InChI=1S/C14H11BN2O2/c18-15(19)14-12-9-5-4-8-11(12)13(16-17-14)10-6-2-1-3-7-10/h1-9,18-19H. The van der Waals surface area contributed by atoms with E-state index in [1.54, 1.807) is 0 Å². The van der Waals surface area contributed by atoms with Crippen LogP contribution in [0.2, 0.25) is 0 Å². The van der Waals surface area contributed by atoms with Gasteiger partial charge < -0.3 is 10.0 Å². The molecule has 5 heteroatoms. The molecular weight excluding hydrogens is 239 g/mol. The van der Waals surface area contributed by atoms with Crippen LogP contribution < -0.4 is 5.59 Å². The van der Waals surface area contributed by atoms with Crippen LogP contribution >= 0.6 is 0 Å². The molecule has 2 aromatic carbocycles. The Morgan fingerprint density at radius 1 is 0.737 bits per heavy atom. The third kappa shape index (κ3) is 2.09. The minimum Gasteiger partial charge on any atom is -0.422 e. The summed E-state index contributed by atoms with van der Waals surface area (Å²) in [5, 5.41) is 28.3. The molecule has 1 aromatic heterocycles. The molecule has 4 nitrogen and oxygen atoms in total. The summed E-state index contributed by atoms with van der Waals surface area (Å²) in [5.41, 5.74) is 1.86. The molecule has 0 aliphatic carbocycles. The van der Waals surface area contributed by atoms with Crippen LogP contribution in [0.3, 0.4) is 0 Å². The quantitative estimate of drug-likeness (QED) is 0.665. The Morgan fingerprint density at radius 3 is 2.05 bits per heavy atom. The van der Waals surface area contributed by atoms with Crippen LogP contribution in [0.25, 0.3) is 22.0 Å². The molecule has 0 amide bonds. The number of hydrogen-bond acceptors (Lipinski definition) is 4. The molecule has 0 aliphatic heterocycles. The molecule has 0 fully saturated rings. The topological polar surface area (TPSA) is 66.2 Å². The Balaban J connectivity index is 2.31. The molecule has 0 saturated heterocycles. The van der Waals surface area contributed by atoms with E-state index in [0.29, 0.717) is 5.39 Å². The second kappa shape index (κ2) is 4.80. The summed E-state index contributed by atoms with van der Waals surface area (Å²) in [7, 11) is -1.62. The van der Waals surface area contributed by atoms with Gasteiger partial charge in [0.15, 0.2) is 0 Å². The number of aromatic nitrogens is 2. The molecule has 0 saturated carbocycles. The third-order valence-electron chi connectivity index (χ3n) is 3.01.